The Morgan fingerprint density at radius 3 is 2.83 bits per heavy atom. The molecule has 1 saturated carbocycles. The number of nitrogens with one attached hydrogen (secondary N) is 1. The molecule has 120 valence electrons. The Morgan fingerprint density at radius 2 is 2.09 bits per heavy atom. The quantitative estimate of drug-likeness (QED) is 0.903. The smallest absolute Gasteiger partial charge is 0.222 e. The minimum atomic E-state index is -0.238. The van der Waals surface area contributed by atoms with E-state index in [0.717, 1.165) is 42.9 Å². The van der Waals surface area contributed by atoms with Crippen LogP contribution < -0.4 is 11.1 Å². The Labute approximate surface area is 135 Å². The number of nitrogens with zero attached hydrogens (tertiary/aromatic N) is 3. The van der Waals surface area contributed by atoms with E-state index < -0.39 is 0 Å². The van der Waals surface area contributed by atoms with E-state index in [-0.39, 0.29) is 17.9 Å². The Kier molecular flexibility index (Phi) is 4.50. The van der Waals surface area contributed by atoms with E-state index in [2.05, 4.69) is 20.3 Å². The molecule has 2 unspecified atom stereocenters. The Bertz CT molecular complexity index is 689. The van der Waals surface area contributed by atoms with Gasteiger partial charge in [0, 0.05) is 24.0 Å². The van der Waals surface area contributed by atoms with E-state index >= 15 is 0 Å². The molecule has 6 nitrogen and oxygen atoms in total. The van der Waals surface area contributed by atoms with Crippen LogP contribution in [0.15, 0.2) is 30.5 Å². The van der Waals surface area contributed by atoms with E-state index in [4.69, 9.17) is 5.73 Å². The van der Waals surface area contributed by atoms with Crippen LogP contribution in [0.1, 0.15) is 31.4 Å². The summed E-state index contributed by atoms with van der Waals surface area (Å²) in [5.41, 5.74) is 7.13. The number of carbonyl (C=O) groups is 1. The summed E-state index contributed by atoms with van der Waals surface area (Å²) in [6.45, 7) is 1.92. The first-order valence-electron chi connectivity index (χ1n) is 7.96. The maximum Gasteiger partial charge on any atom is 0.222 e. The molecule has 0 bridgehead atoms. The van der Waals surface area contributed by atoms with Crippen LogP contribution in [0.4, 0.5) is 5.82 Å². The molecular formula is C17H21N5O. The topological polar surface area (TPSA) is 93.8 Å². The molecule has 0 aliphatic heterocycles. The van der Waals surface area contributed by atoms with E-state index in [9.17, 15) is 4.79 Å². The summed E-state index contributed by atoms with van der Waals surface area (Å²) < 4.78 is 0. The first-order chi connectivity index (χ1) is 11.1. The predicted molar refractivity (Wildman–Crippen MR) is 88.6 cm³/mol. The lowest BCUT2D eigenvalue weighted by Gasteiger charge is -2.30. The van der Waals surface area contributed by atoms with Crippen molar-refractivity contribution in [2.24, 2.45) is 11.7 Å². The highest BCUT2D eigenvalue weighted by molar-refractivity contribution is 5.78. The Morgan fingerprint density at radius 1 is 1.26 bits per heavy atom. The maximum absolute atomic E-state index is 11.6. The molecule has 23 heavy (non-hydrogen) atoms. The van der Waals surface area contributed by atoms with Crippen LogP contribution in [0.5, 0.6) is 0 Å². The van der Waals surface area contributed by atoms with Crippen molar-refractivity contribution in [3.05, 3.63) is 36.2 Å². The van der Waals surface area contributed by atoms with E-state index in [0.29, 0.717) is 5.82 Å². The second kappa shape index (κ2) is 6.73. The van der Waals surface area contributed by atoms with Crippen molar-refractivity contribution in [1.29, 1.82) is 0 Å². The van der Waals surface area contributed by atoms with Gasteiger partial charge in [0.2, 0.25) is 5.91 Å². The zero-order valence-electron chi connectivity index (χ0n) is 13.2. The molecule has 1 aliphatic carbocycles. The van der Waals surface area contributed by atoms with Gasteiger partial charge in [0.15, 0.2) is 5.82 Å². The van der Waals surface area contributed by atoms with Gasteiger partial charge in [0.1, 0.15) is 11.5 Å². The molecule has 2 aromatic heterocycles. The molecule has 0 spiro atoms. The normalized spacial score (nSPS) is 20.9. The molecule has 1 fully saturated rings. The zero-order valence-corrected chi connectivity index (χ0v) is 13.2. The van der Waals surface area contributed by atoms with Gasteiger partial charge >= 0.3 is 0 Å². The number of amides is 1. The van der Waals surface area contributed by atoms with Gasteiger partial charge in [0.05, 0.1) is 5.92 Å². The van der Waals surface area contributed by atoms with Crippen molar-refractivity contribution in [3.63, 3.8) is 0 Å². The Hall–Kier alpha value is -2.50. The van der Waals surface area contributed by atoms with Gasteiger partial charge in [-0.2, -0.15) is 0 Å². The van der Waals surface area contributed by atoms with Crippen LogP contribution >= 0.6 is 0 Å². The van der Waals surface area contributed by atoms with E-state index in [1.807, 2.05) is 31.2 Å². The molecule has 2 aromatic rings. The van der Waals surface area contributed by atoms with Gasteiger partial charge in [0.25, 0.3) is 0 Å². The highest BCUT2D eigenvalue weighted by atomic mass is 16.1. The number of aromatic nitrogens is 3. The average molecular weight is 311 g/mol. The molecule has 1 aliphatic rings. The molecule has 3 rings (SSSR count). The SMILES string of the molecule is Cc1cc(NC2CCCCC2C(N)=O)nc(-c2ccccn2)n1. The summed E-state index contributed by atoms with van der Waals surface area (Å²) in [5, 5.41) is 3.38. The predicted octanol–water partition coefficient (Wildman–Crippen LogP) is 2.30. The standard InChI is InChI=1S/C17H21N5O/c1-11-10-15(21-13-7-3-2-6-12(13)16(18)23)22-17(20-11)14-8-4-5-9-19-14/h4-5,8-10,12-13H,2-3,6-7H2,1H3,(H2,18,23)(H,20,21,22). The molecule has 0 aromatic carbocycles. The van der Waals surface area contributed by atoms with Crippen LogP contribution in [0, 0.1) is 12.8 Å². The molecule has 2 heterocycles. The lowest BCUT2D eigenvalue weighted by atomic mass is 9.84. The fourth-order valence-corrected chi connectivity index (χ4v) is 3.09. The summed E-state index contributed by atoms with van der Waals surface area (Å²) in [6, 6.07) is 7.57. The maximum atomic E-state index is 11.6. The first kappa shape index (κ1) is 15.4. The summed E-state index contributed by atoms with van der Waals surface area (Å²) in [6.07, 6.45) is 5.63. The number of hydrogen-bond donors (Lipinski definition) is 2. The van der Waals surface area contributed by atoms with Crippen LogP contribution in [-0.2, 0) is 4.79 Å². The van der Waals surface area contributed by atoms with Gasteiger partial charge in [-0.05, 0) is 31.9 Å². The van der Waals surface area contributed by atoms with Crippen molar-refractivity contribution in [2.45, 2.75) is 38.6 Å². The van der Waals surface area contributed by atoms with Gasteiger partial charge in [-0.15, -0.1) is 0 Å². The minimum Gasteiger partial charge on any atom is -0.369 e. The summed E-state index contributed by atoms with van der Waals surface area (Å²) in [4.78, 5) is 24.9. The second-order valence-corrected chi connectivity index (χ2v) is 5.98. The van der Waals surface area contributed by atoms with Crippen molar-refractivity contribution in [2.75, 3.05) is 5.32 Å². The molecule has 1 amide bonds. The summed E-state index contributed by atoms with van der Waals surface area (Å²) in [5.74, 6) is 0.922. The zero-order chi connectivity index (χ0) is 16.2. The molecule has 6 heteroatoms. The van der Waals surface area contributed by atoms with Crippen LogP contribution in [0.2, 0.25) is 0 Å². The lowest BCUT2D eigenvalue weighted by molar-refractivity contribution is -0.122. The summed E-state index contributed by atoms with van der Waals surface area (Å²) in [7, 11) is 0. The molecule has 0 saturated heterocycles. The van der Waals surface area contributed by atoms with Gasteiger partial charge in [-0.3, -0.25) is 9.78 Å². The van der Waals surface area contributed by atoms with Gasteiger partial charge in [-0.25, -0.2) is 9.97 Å². The van der Waals surface area contributed by atoms with Gasteiger partial charge in [-0.1, -0.05) is 18.9 Å². The number of primary amides is 1. The molecule has 2 atom stereocenters. The number of nitrogens with two attached hydrogens (primary N) is 1. The molecule has 0 radical (unpaired) electrons. The minimum absolute atomic E-state index is 0.0344. The fourth-order valence-electron chi connectivity index (χ4n) is 3.09. The monoisotopic (exact) mass is 311 g/mol. The lowest BCUT2D eigenvalue weighted by Crippen LogP contribution is -2.40. The van der Waals surface area contributed by atoms with Gasteiger partial charge < -0.3 is 11.1 Å². The van der Waals surface area contributed by atoms with Crippen molar-refractivity contribution in [3.8, 4) is 11.5 Å². The molecular weight excluding hydrogens is 290 g/mol. The number of rotatable bonds is 4. The Balaban J connectivity index is 1.85. The second-order valence-electron chi connectivity index (χ2n) is 5.98. The number of carbonyl (C=O) groups excluding carboxylic acids is 1. The largest absolute Gasteiger partial charge is 0.369 e. The van der Waals surface area contributed by atoms with Crippen molar-refractivity contribution in [1.82, 2.24) is 15.0 Å². The third-order valence-electron chi connectivity index (χ3n) is 4.21. The first-order valence-corrected chi connectivity index (χ1v) is 7.96. The third-order valence-corrected chi connectivity index (χ3v) is 4.21. The van der Waals surface area contributed by atoms with Crippen molar-refractivity contribution < 1.29 is 4.79 Å². The fraction of sp³-hybridized carbons (Fsp3) is 0.412. The van der Waals surface area contributed by atoms with E-state index in [1.54, 1.807) is 6.20 Å². The summed E-state index contributed by atoms with van der Waals surface area (Å²) >= 11 is 0. The third kappa shape index (κ3) is 3.64. The highest BCUT2D eigenvalue weighted by Gasteiger charge is 2.29. The van der Waals surface area contributed by atoms with Crippen LogP contribution in [-0.4, -0.2) is 26.9 Å². The van der Waals surface area contributed by atoms with E-state index in [1.165, 1.54) is 0 Å². The number of pyridine rings is 1. The average Bonchev–Trinajstić information content (AvgIpc) is 2.55. The van der Waals surface area contributed by atoms with Crippen LogP contribution in [0.3, 0.4) is 0 Å². The van der Waals surface area contributed by atoms with Crippen LogP contribution in [0.25, 0.3) is 11.5 Å². The molecule has 3 N–H and O–H groups in total. The highest BCUT2D eigenvalue weighted by Crippen LogP contribution is 2.27. The number of hydrogen-bond acceptors (Lipinski definition) is 5. The van der Waals surface area contributed by atoms with Crippen molar-refractivity contribution >= 4 is 11.7 Å². The number of aryl methyl sites for hydroxylation is 1. The number of anilines is 1.